The lowest BCUT2D eigenvalue weighted by Crippen LogP contribution is -2.23. The lowest BCUT2D eigenvalue weighted by Gasteiger charge is -2.20. The second-order valence-corrected chi connectivity index (χ2v) is 6.60. The van der Waals surface area contributed by atoms with Gasteiger partial charge in [0.1, 0.15) is 0 Å². The molecule has 0 aliphatic carbocycles. The predicted octanol–water partition coefficient (Wildman–Crippen LogP) is 3.50. The molecule has 0 bridgehead atoms. The molecular formula is C21H22N4O3. The van der Waals surface area contributed by atoms with E-state index >= 15 is 0 Å². The van der Waals surface area contributed by atoms with Gasteiger partial charge >= 0.3 is 0 Å². The van der Waals surface area contributed by atoms with Gasteiger partial charge in [-0.1, -0.05) is 12.1 Å². The van der Waals surface area contributed by atoms with E-state index in [1.165, 1.54) is 0 Å². The highest BCUT2D eigenvalue weighted by molar-refractivity contribution is 6.06. The van der Waals surface area contributed by atoms with Gasteiger partial charge in [-0.25, -0.2) is 9.97 Å². The number of hydrogen-bond donors (Lipinski definition) is 1. The van der Waals surface area contributed by atoms with E-state index in [0.29, 0.717) is 28.7 Å². The Kier molecular flexibility index (Phi) is 4.97. The van der Waals surface area contributed by atoms with Crippen molar-refractivity contribution in [3.63, 3.8) is 0 Å². The zero-order valence-electron chi connectivity index (χ0n) is 15.9. The van der Waals surface area contributed by atoms with Crippen molar-refractivity contribution in [2.45, 2.75) is 12.8 Å². The smallest absolute Gasteiger partial charge is 0.257 e. The Hall–Kier alpha value is -3.35. The van der Waals surface area contributed by atoms with E-state index in [1.807, 2.05) is 24.3 Å². The van der Waals surface area contributed by atoms with E-state index in [1.54, 1.807) is 32.4 Å². The summed E-state index contributed by atoms with van der Waals surface area (Å²) in [5.74, 6) is 1.98. The molecule has 7 heteroatoms. The van der Waals surface area contributed by atoms with Gasteiger partial charge in [-0.15, -0.1) is 0 Å². The van der Waals surface area contributed by atoms with Crippen molar-refractivity contribution < 1.29 is 14.3 Å². The number of rotatable bonds is 5. The molecule has 1 saturated heterocycles. The third kappa shape index (κ3) is 3.43. The van der Waals surface area contributed by atoms with E-state index in [0.717, 1.165) is 37.0 Å². The first-order valence-corrected chi connectivity index (χ1v) is 9.24. The first-order chi connectivity index (χ1) is 13.7. The van der Waals surface area contributed by atoms with E-state index in [9.17, 15) is 4.79 Å². The second kappa shape index (κ2) is 7.72. The van der Waals surface area contributed by atoms with Crippen LogP contribution in [0, 0.1) is 0 Å². The van der Waals surface area contributed by atoms with Crippen molar-refractivity contribution in [1.29, 1.82) is 0 Å². The van der Waals surface area contributed by atoms with Gasteiger partial charge in [0, 0.05) is 18.7 Å². The highest BCUT2D eigenvalue weighted by Crippen LogP contribution is 2.30. The van der Waals surface area contributed by atoms with Crippen LogP contribution in [0.2, 0.25) is 0 Å². The summed E-state index contributed by atoms with van der Waals surface area (Å²) < 4.78 is 10.5. The average Bonchev–Trinajstić information content (AvgIpc) is 3.27. The SMILES string of the molecule is COc1ccc(C(=O)Nc2nc3ccccc3nc2N2CCCC2)cc1OC. The molecule has 0 atom stereocenters. The van der Waals surface area contributed by atoms with Gasteiger partial charge in [0.25, 0.3) is 5.91 Å². The van der Waals surface area contributed by atoms with Crippen LogP contribution >= 0.6 is 0 Å². The summed E-state index contributed by atoms with van der Waals surface area (Å²) in [7, 11) is 3.10. The fourth-order valence-electron chi connectivity index (χ4n) is 3.38. The predicted molar refractivity (Wildman–Crippen MR) is 108 cm³/mol. The highest BCUT2D eigenvalue weighted by Gasteiger charge is 2.21. The maximum absolute atomic E-state index is 12.9. The van der Waals surface area contributed by atoms with E-state index < -0.39 is 0 Å². The molecule has 3 aromatic rings. The number of para-hydroxylation sites is 2. The summed E-state index contributed by atoms with van der Waals surface area (Å²) in [5, 5.41) is 2.93. The standard InChI is InChI=1S/C21H22N4O3/c1-27-17-10-9-14(13-18(17)28-2)21(26)24-19-20(25-11-5-6-12-25)23-16-8-4-3-7-15(16)22-19/h3-4,7-10,13H,5-6,11-12H2,1-2H3,(H,22,24,26). The third-order valence-corrected chi connectivity index (χ3v) is 4.84. The molecule has 2 aromatic carbocycles. The maximum atomic E-state index is 12.9. The van der Waals surface area contributed by atoms with Crippen molar-refractivity contribution in [3.05, 3.63) is 48.0 Å². The molecule has 1 amide bonds. The number of hydrogen-bond acceptors (Lipinski definition) is 6. The molecular weight excluding hydrogens is 356 g/mol. The van der Waals surface area contributed by atoms with Crippen LogP contribution in [0.3, 0.4) is 0 Å². The molecule has 1 N–H and O–H groups in total. The summed E-state index contributed by atoms with van der Waals surface area (Å²) in [6, 6.07) is 12.7. The summed E-state index contributed by atoms with van der Waals surface area (Å²) in [6.45, 7) is 1.82. The first-order valence-electron chi connectivity index (χ1n) is 9.24. The van der Waals surface area contributed by atoms with Gasteiger partial charge < -0.3 is 19.7 Å². The summed E-state index contributed by atoms with van der Waals surface area (Å²) >= 11 is 0. The molecule has 0 spiro atoms. The minimum Gasteiger partial charge on any atom is -0.493 e. The Morgan fingerprint density at radius 1 is 0.964 bits per heavy atom. The molecule has 1 aromatic heterocycles. The number of amides is 1. The molecule has 1 aliphatic heterocycles. The molecule has 0 unspecified atom stereocenters. The van der Waals surface area contributed by atoms with Crippen molar-refractivity contribution >= 4 is 28.6 Å². The van der Waals surface area contributed by atoms with Crippen LogP contribution in [-0.2, 0) is 0 Å². The number of nitrogens with zero attached hydrogens (tertiary/aromatic N) is 3. The second-order valence-electron chi connectivity index (χ2n) is 6.60. The van der Waals surface area contributed by atoms with Gasteiger partial charge in [0.2, 0.25) is 0 Å². The number of fused-ring (bicyclic) bond motifs is 1. The minimum atomic E-state index is -0.272. The van der Waals surface area contributed by atoms with Gasteiger partial charge in [0.15, 0.2) is 23.1 Å². The number of anilines is 2. The van der Waals surface area contributed by atoms with Crippen molar-refractivity contribution in [2.24, 2.45) is 0 Å². The van der Waals surface area contributed by atoms with Crippen LogP contribution in [0.25, 0.3) is 11.0 Å². The quantitative estimate of drug-likeness (QED) is 0.732. The first kappa shape index (κ1) is 18.0. The average molecular weight is 378 g/mol. The number of nitrogens with one attached hydrogen (secondary N) is 1. The van der Waals surface area contributed by atoms with Gasteiger partial charge in [0.05, 0.1) is 25.3 Å². The number of carbonyl (C=O) groups is 1. The summed E-state index contributed by atoms with van der Waals surface area (Å²) in [5.41, 5.74) is 2.02. The zero-order chi connectivity index (χ0) is 19.5. The Morgan fingerprint density at radius 3 is 2.32 bits per heavy atom. The number of ether oxygens (including phenoxy) is 2. The molecule has 0 saturated carbocycles. The Balaban J connectivity index is 1.70. The van der Waals surface area contributed by atoms with Crippen LogP contribution in [-0.4, -0.2) is 43.2 Å². The highest BCUT2D eigenvalue weighted by atomic mass is 16.5. The Bertz CT molecular complexity index is 1020. The Morgan fingerprint density at radius 2 is 1.64 bits per heavy atom. The maximum Gasteiger partial charge on any atom is 0.257 e. The van der Waals surface area contributed by atoms with Gasteiger partial charge in [-0.3, -0.25) is 4.79 Å². The van der Waals surface area contributed by atoms with E-state index in [-0.39, 0.29) is 5.91 Å². The van der Waals surface area contributed by atoms with Crippen molar-refractivity contribution in [3.8, 4) is 11.5 Å². The summed E-state index contributed by atoms with van der Waals surface area (Å²) in [6.07, 6.45) is 2.22. The van der Waals surface area contributed by atoms with Crippen LogP contribution < -0.4 is 19.7 Å². The molecule has 28 heavy (non-hydrogen) atoms. The number of aromatic nitrogens is 2. The van der Waals surface area contributed by atoms with E-state index in [4.69, 9.17) is 14.5 Å². The van der Waals surface area contributed by atoms with Crippen LogP contribution in [0.1, 0.15) is 23.2 Å². The molecule has 144 valence electrons. The number of benzene rings is 2. The molecule has 0 radical (unpaired) electrons. The van der Waals surface area contributed by atoms with Crippen molar-refractivity contribution in [2.75, 3.05) is 37.5 Å². The minimum absolute atomic E-state index is 0.272. The lowest BCUT2D eigenvalue weighted by molar-refractivity contribution is 0.102. The Labute approximate surface area is 163 Å². The fraction of sp³-hybridized carbons (Fsp3) is 0.286. The van der Waals surface area contributed by atoms with Crippen LogP contribution in [0.15, 0.2) is 42.5 Å². The molecule has 7 nitrogen and oxygen atoms in total. The fourth-order valence-corrected chi connectivity index (χ4v) is 3.38. The van der Waals surface area contributed by atoms with Crippen LogP contribution in [0.5, 0.6) is 11.5 Å². The molecule has 1 aliphatic rings. The third-order valence-electron chi connectivity index (χ3n) is 4.84. The molecule has 2 heterocycles. The molecule has 1 fully saturated rings. The van der Waals surface area contributed by atoms with Gasteiger partial charge in [-0.2, -0.15) is 0 Å². The number of carbonyl (C=O) groups excluding carboxylic acids is 1. The van der Waals surface area contributed by atoms with Crippen LogP contribution in [0.4, 0.5) is 11.6 Å². The van der Waals surface area contributed by atoms with E-state index in [2.05, 4.69) is 15.2 Å². The lowest BCUT2D eigenvalue weighted by atomic mass is 10.2. The topological polar surface area (TPSA) is 76.6 Å². The number of methoxy groups -OCH3 is 2. The van der Waals surface area contributed by atoms with Gasteiger partial charge in [-0.05, 0) is 43.2 Å². The summed E-state index contributed by atoms with van der Waals surface area (Å²) in [4.78, 5) is 24.5. The van der Waals surface area contributed by atoms with Crippen molar-refractivity contribution in [1.82, 2.24) is 9.97 Å². The molecule has 4 rings (SSSR count). The zero-order valence-corrected chi connectivity index (χ0v) is 15.9. The monoisotopic (exact) mass is 378 g/mol. The largest absolute Gasteiger partial charge is 0.493 e. The normalized spacial score (nSPS) is 13.6.